The minimum atomic E-state index is 0.258. The molecule has 0 amide bonds. The van der Waals surface area contributed by atoms with E-state index in [-0.39, 0.29) is 6.01 Å². The molecule has 18 heavy (non-hydrogen) atoms. The number of anilines is 1. The maximum Gasteiger partial charge on any atom is 0.292 e. The van der Waals surface area contributed by atoms with Crippen molar-refractivity contribution in [3.8, 4) is 11.3 Å². The van der Waals surface area contributed by atoms with Gasteiger partial charge in [-0.05, 0) is 42.7 Å². The highest BCUT2D eigenvalue weighted by Crippen LogP contribution is 2.34. The summed E-state index contributed by atoms with van der Waals surface area (Å²) in [5.74, 6) is 2.05. The molecule has 0 bridgehead atoms. The van der Waals surface area contributed by atoms with Crippen LogP contribution in [0, 0.1) is 0 Å². The van der Waals surface area contributed by atoms with E-state index in [0.29, 0.717) is 0 Å². The minimum Gasteiger partial charge on any atom is -0.423 e. The van der Waals surface area contributed by atoms with Gasteiger partial charge < -0.3 is 10.2 Å². The number of thioether (sulfide) groups is 1. The molecule has 94 valence electrons. The second-order valence-electron chi connectivity index (χ2n) is 4.46. The van der Waals surface area contributed by atoms with E-state index in [1.165, 1.54) is 22.6 Å². The number of aromatic nitrogens is 1. The summed E-state index contributed by atoms with van der Waals surface area (Å²) in [5, 5.41) is 0. The molecule has 0 fully saturated rings. The van der Waals surface area contributed by atoms with Crippen LogP contribution < -0.4 is 5.73 Å². The van der Waals surface area contributed by atoms with Crippen molar-refractivity contribution in [3.63, 3.8) is 0 Å². The van der Waals surface area contributed by atoms with Gasteiger partial charge in [-0.15, -0.1) is 11.8 Å². The highest BCUT2D eigenvalue weighted by molar-refractivity contribution is 7.99. The van der Waals surface area contributed by atoms with Crippen LogP contribution in [0.1, 0.15) is 24.6 Å². The fourth-order valence-corrected chi connectivity index (χ4v) is 3.36. The molecular weight excluding hydrogens is 244 g/mol. The lowest BCUT2D eigenvalue weighted by Gasteiger charge is -2.15. The topological polar surface area (TPSA) is 52.0 Å². The smallest absolute Gasteiger partial charge is 0.292 e. The van der Waals surface area contributed by atoms with Crippen molar-refractivity contribution in [2.24, 2.45) is 0 Å². The van der Waals surface area contributed by atoms with Gasteiger partial charge >= 0.3 is 0 Å². The standard InChI is InChI=1S/C14H16N2OS/c1-2-11-13(17-14(15)16-11)10-5-6-12-9(8-10)4-3-7-18-12/h5-6,8H,2-4,7H2,1H3,(H2,15,16). The second kappa shape index (κ2) is 4.69. The van der Waals surface area contributed by atoms with Crippen molar-refractivity contribution in [1.29, 1.82) is 0 Å². The molecule has 2 N–H and O–H groups in total. The molecule has 0 spiro atoms. The molecule has 2 aromatic rings. The molecule has 0 saturated carbocycles. The Hall–Kier alpha value is -1.42. The zero-order valence-electron chi connectivity index (χ0n) is 10.4. The van der Waals surface area contributed by atoms with Crippen molar-refractivity contribution in [2.45, 2.75) is 31.1 Å². The zero-order valence-corrected chi connectivity index (χ0v) is 11.2. The molecule has 0 radical (unpaired) electrons. The zero-order chi connectivity index (χ0) is 12.5. The van der Waals surface area contributed by atoms with Crippen LogP contribution in [0.5, 0.6) is 0 Å². The van der Waals surface area contributed by atoms with E-state index >= 15 is 0 Å². The lowest BCUT2D eigenvalue weighted by atomic mass is 10.0. The van der Waals surface area contributed by atoms with Crippen molar-refractivity contribution in [1.82, 2.24) is 4.98 Å². The van der Waals surface area contributed by atoms with Gasteiger partial charge in [0.2, 0.25) is 0 Å². The average Bonchev–Trinajstić information content (AvgIpc) is 2.79. The number of aryl methyl sites for hydroxylation is 2. The number of rotatable bonds is 2. The Balaban J connectivity index is 2.06. The summed E-state index contributed by atoms with van der Waals surface area (Å²) in [6.45, 7) is 2.06. The number of oxazole rings is 1. The molecule has 3 rings (SSSR count). The molecule has 2 heterocycles. The van der Waals surface area contributed by atoms with Crippen molar-refractivity contribution in [2.75, 3.05) is 11.5 Å². The number of nitrogen functional groups attached to an aromatic ring is 1. The Morgan fingerprint density at radius 1 is 1.44 bits per heavy atom. The van der Waals surface area contributed by atoms with E-state index in [1.54, 1.807) is 0 Å². The van der Waals surface area contributed by atoms with Crippen LogP contribution in [0.25, 0.3) is 11.3 Å². The number of fused-ring (bicyclic) bond motifs is 1. The number of hydrogen-bond donors (Lipinski definition) is 1. The van der Waals surface area contributed by atoms with E-state index < -0.39 is 0 Å². The number of benzene rings is 1. The van der Waals surface area contributed by atoms with Crippen LogP contribution in [-0.4, -0.2) is 10.7 Å². The summed E-state index contributed by atoms with van der Waals surface area (Å²) >= 11 is 1.94. The quantitative estimate of drug-likeness (QED) is 0.897. The average molecular weight is 260 g/mol. The van der Waals surface area contributed by atoms with Gasteiger partial charge in [-0.1, -0.05) is 13.0 Å². The predicted molar refractivity (Wildman–Crippen MR) is 74.8 cm³/mol. The minimum absolute atomic E-state index is 0.258. The highest BCUT2D eigenvalue weighted by atomic mass is 32.2. The van der Waals surface area contributed by atoms with Gasteiger partial charge in [-0.3, -0.25) is 0 Å². The van der Waals surface area contributed by atoms with Gasteiger partial charge in [0.15, 0.2) is 5.76 Å². The first kappa shape index (κ1) is 11.7. The van der Waals surface area contributed by atoms with E-state index in [0.717, 1.165) is 29.9 Å². The number of nitrogens with zero attached hydrogens (tertiary/aromatic N) is 1. The first-order chi connectivity index (χ1) is 8.78. The molecule has 1 aromatic heterocycles. The van der Waals surface area contributed by atoms with Crippen LogP contribution in [0.15, 0.2) is 27.5 Å². The molecule has 0 atom stereocenters. The third-order valence-electron chi connectivity index (χ3n) is 3.22. The fourth-order valence-electron chi connectivity index (χ4n) is 2.34. The van der Waals surface area contributed by atoms with Crippen LogP contribution in [-0.2, 0) is 12.8 Å². The monoisotopic (exact) mass is 260 g/mol. The summed E-state index contributed by atoms with van der Waals surface area (Å²) in [5.41, 5.74) is 9.10. The summed E-state index contributed by atoms with van der Waals surface area (Å²) in [6.07, 6.45) is 3.24. The summed E-state index contributed by atoms with van der Waals surface area (Å²) in [6, 6.07) is 6.78. The van der Waals surface area contributed by atoms with Gasteiger partial charge in [-0.25, -0.2) is 0 Å². The molecule has 4 heteroatoms. The lowest BCUT2D eigenvalue weighted by Crippen LogP contribution is -1.98. The molecule has 1 aliphatic rings. The van der Waals surface area contributed by atoms with Crippen LogP contribution in [0.2, 0.25) is 0 Å². The Labute approximate surface area is 111 Å². The maximum absolute atomic E-state index is 5.65. The third-order valence-corrected chi connectivity index (χ3v) is 4.42. The summed E-state index contributed by atoms with van der Waals surface area (Å²) in [4.78, 5) is 5.62. The Morgan fingerprint density at radius 3 is 3.17 bits per heavy atom. The number of hydrogen-bond acceptors (Lipinski definition) is 4. The van der Waals surface area contributed by atoms with E-state index in [9.17, 15) is 0 Å². The SMILES string of the molecule is CCc1nc(N)oc1-c1ccc2c(c1)CCCS2. The number of nitrogens with two attached hydrogens (primary N) is 1. The summed E-state index contributed by atoms with van der Waals surface area (Å²) in [7, 11) is 0. The van der Waals surface area contributed by atoms with Gasteiger partial charge in [0.1, 0.15) is 0 Å². The first-order valence-electron chi connectivity index (χ1n) is 6.29. The summed E-state index contributed by atoms with van der Waals surface area (Å²) < 4.78 is 5.54. The molecule has 1 aliphatic heterocycles. The fraction of sp³-hybridized carbons (Fsp3) is 0.357. The van der Waals surface area contributed by atoms with Crippen LogP contribution in [0.3, 0.4) is 0 Å². The Morgan fingerprint density at radius 2 is 2.33 bits per heavy atom. The van der Waals surface area contributed by atoms with Gasteiger partial charge in [0.05, 0.1) is 5.69 Å². The molecule has 0 aliphatic carbocycles. The molecule has 0 unspecified atom stereocenters. The van der Waals surface area contributed by atoms with Gasteiger partial charge in [-0.2, -0.15) is 4.98 Å². The largest absolute Gasteiger partial charge is 0.423 e. The van der Waals surface area contributed by atoms with Gasteiger partial charge in [0.25, 0.3) is 6.01 Å². The van der Waals surface area contributed by atoms with Crippen LogP contribution >= 0.6 is 11.8 Å². The van der Waals surface area contributed by atoms with Crippen molar-refractivity contribution >= 4 is 17.8 Å². The lowest BCUT2D eigenvalue weighted by molar-refractivity contribution is 0.593. The molecular formula is C14H16N2OS. The second-order valence-corrected chi connectivity index (χ2v) is 5.59. The third kappa shape index (κ3) is 2.01. The first-order valence-corrected chi connectivity index (χ1v) is 7.27. The van der Waals surface area contributed by atoms with Gasteiger partial charge in [0, 0.05) is 10.5 Å². The van der Waals surface area contributed by atoms with Crippen molar-refractivity contribution in [3.05, 3.63) is 29.5 Å². The van der Waals surface area contributed by atoms with Crippen molar-refractivity contribution < 1.29 is 4.42 Å². The van der Waals surface area contributed by atoms with Crippen LogP contribution in [0.4, 0.5) is 6.01 Å². The molecule has 3 nitrogen and oxygen atoms in total. The Bertz CT molecular complexity index is 577. The van der Waals surface area contributed by atoms with E-state index in [1.807, 2.05) is 11.8 Å². The van der Waals surface area contributed by atoms with E-state index in [4.69, 9.17) is 10.2 Å². The highest BCUT2D eigenvalue weighted by Gasteiger charge is 2.15. The van der Waals surface area contributed by atoms with E-state index in [2.05, 4.69) is 30.1 Å². The Kier molecular flexibility index (Phi) is 3.04. The maximum atomic E-state index is 5.65. The normalized spacial score (nSPS) is 14.5. The molecule has 1 aromatic carbocycles. The molecule has 0 saturated heterocycles. The predicted octanol–water partition coefficient (Wildman–Crippen LogP) is 3.52.